The molecule has 3 rings (SSSR count). The van der Waals surface area contributed by atoms with E-state index >= 15 is 0 Å². The molecule has 24 heavy (non-hydrogen) atoms. The molecule has 1 amide bonds. The fourth-order valence-electron chi connectivity index (χ4n) is 2.29. The molecule has 2 aromatic carbocycles. The summed E-state index contributed by atoms with van der Waals surface area (Å²) >= 11 is 17.8. The number of carbonyl (C=O) groups excluding carboxylic acids is 1. The van der Waals surface area contributed by atoms with Crippen molar-refractivity contribution in [2.45, 2.75) is 12.5 Å². The van der Waals surface area contributed by atoms with Gasteiger partial charge in [-0.05, 0) is 30.3 Å². The summed E-state index contributed by atoms with van der Waals surface area (Å²) in [6, 6.07) is 8.96. The Labute approximate surface area is 152 Å². The lowest BCUT2D eigenvalue weighted by Gasteiger charge is -2.10. The molecule has 8 heteroatoms. The Bertz CT molecular complexity index is 802. The molecule has 1 aliphatic rings. The summed E-state index contributed by atoms with van der Waals surface area (Å²) in [7, 11) is 0. The van der Waals surface area contributed by atoms with Crippen molar-refractivity contribution in [3.8, 4) is 0 Å². The number of hydrogen-bond acceptors (Lipinski definition) is 3. The predicted molar refractivity (Wildman–Crippen MR) is 92.5 cm³/mol. The minimum absolute atomic E-state index is 0.0980. The van der Waals surface area contributed by atoms with E-state index in [1.807, 2.05) is 0 Å². The molecule has 0 saturated carbocycles. The van der Waals surface area contributed by atoms with Gasteiger partial charge in [0.1, 0.15) is 5.82 Å². The highest BCUT2D eigenvalue weighted by molar-refractivity contribution is 6.35. The Morgan fingerprint density at radius 3 is 2.58 bits per heavy atom. The molecule has 0 saturated heterocycles. The summed E-state index contributed by atoms with van der Waals surface area (Å²) in [6.45, 7) is 0. The number of anilines is 1. The quantitative estimate of drug-likeness (QED) is 0.813. The highest BCUT2D eigenvalue weighted by atomic mass is 35.5. The van der Waals surface area contributed by atoms with Gasteiger partial charge in [-0.1, -0.05) is 46.0 Å². The number of rotatable bonds is 3. The van der Waals surface area contributed by atoms with E-state index in [1.54, 1.807) is 24.3 Å². The third-order valence-corrected chi connectivity index (χ3v) is 4.09. The number of hydrogen-bond donors (Lipinski definition) is 1. The van der Waals surface area contributed by atoms with Gasteiger partial charge in [-0.3, -0.25) is 4.79 Å². The second-order valence-corrected chi connectivity index (χ2v) is 6.36. The summed E-state index contributed by atoms with van der Waals surface area (Å²) in [5.41, 5.74) is 0.848. The number of carbonyl (C=O) groups is 1. The van der Waals surface area contributed by atoms with E-state index in [-0.39, 0.29) is 22.7 Å². The maximum absolute atomic E-state index is 13.9. The third-order valence-electron chi connectivity index (χ3n) is 3.34. The standard InChI is InChI=1S/C16H10Cl3FN2O2/c17-8-4-9(18)6-10(5-8)21-16(23)14-7-13(22-24-14)15-11(19)2-1-3-12(15)20/h1-6,14H,7H2,(H,21,23)/t14-/m1/s1. The summed E-state index contributed by atoms with van der Waals surface area (Å²) in [5.74, 6) is -0.966. The number of halogens is 4. The van der Waals surface area contributed by atoms with Gasteiger partial charge < -0.3 is 10.2 Å². The Balaban J connectivity index is 1.71. The Hall–Kier alpha value is -1.82. The van der Waals surface area contributed by atoms with Crippen molar-refractivity contribution in [3.05, 3.63) is 62.8 Å². The SMILES string of the molecule is O=C(Nc1cc(Cl)cc(Cl)c1)[C@H]1CC(c2c(F)cccc2Cl)=NO1. The van der Waals surface area contributed by atoms with E-state index in [1.165, 1.54) is 12.1 Å². The first-order chi connectivity index (χ1) is 11.4. The zero-order valence-corrected chi connectivity index (χ0v) is 14.3. The first-order valence-corrected chi connectivity index (χ1v) is 8.01. The van der Waals surface area contributed by atoms with Gasteiger partial charge in [0.25, 0.3) is 5.91 Å². The van der Waals surface area contributed by atoms with Crippen molar-refractivity contribution < 1.29 is 14.0 Å². The molecule has 4 nitrogen and oxygen atoms in total. The van der Waals surface area contributed by atoms with E-state index < -0.39 is 17.8 Å². The van der Waals surface area contributed by atoms with E-state index in [0.717, 1.165) is 0 Å². The smallest absolute Gasteiger partial charge is 0.268 e. The van der Waals surface area contributed by atoms with Crippen LogP contribution in [0.1, 0.15) is 12.0 Å². The van der Waals surface area contributed by atoms with Crippen LogP contribution in [0, 0.1) is 5.82 Å². The fourth-order valence-corrected chi connectivity index (χ4v) is 3.09. The lowest BCUT2D eigenvalue weighted by Crippen LogP contribution is -2.28. The molecule has 0 bridgehead atoms. The van der Waals surface area contributed by atoms with Gasteiger partial charge in [0.15, 0.2) is 0 Å². The Morgan fingerprint density at radius 2 is 1.92 bits per heavy atom. The zero-order valence-electron chi connectivity index (χ0n) is 12.0. The van der Waals surface area contributed by atoms with Crippen LogP contribution in [0.2, 0.25) is 15.1 Å². The summed E-state index contributed by atoms with van der Waals surface area (Å²) < 4.78 is 13.9. The molecule has 0 aromatic heterocycles. The normalized spacial score (nSPS) is 16.5. The number of amides is 1. The fraction of sp³-hybridized carbons (Fsp3) is 0.125. The van der Waals surface area contributed by atoms with Gasteiger partial charge >= 0.3 is 0 Å². The topological polar surface area (TPSA) is 50.7 Å². The summed E-state index contributed by atoms with van der Waals surface area (Å²) in [4.78, 5) is 17.4. The molecule has 1 aliphatic heterocycles. The molecule has 0 unspecified atom stereocenters. The average molecular weight is 388 g/mol. The van der Waals surface area contributed by atoms with Crippen LogP contribution in [0.15, 0.2) is 41.6 Å². The highest BCUT2D eigenvalue weighted by Crippen LogP contribution is 2.27. The first kappa shape index (κ1) is 17.0. The average Bonchev–Trinajstić information content (AvgIpc) is 2.95. The summed E-state index contributed by atoms with van der Waals surface area (Å²) in [6.07, 6.45) is -0.797. The molecule has 0 radical (unpaired) electrons. The van der Waals surface area contributed by atoms with Crippen molar-refractivity contribution in [1.82, 2.24) is 0 Å². The Morgan fingerprint density at radius 1 is 1.21 bits per heavy atom. The van der Waals surface area contributed by atoms with Gasteiger partial charge in [-0.15, -0.1) is 0 Å². The van der Waals surface area contributed by atoms with Crippen LogP contribution in [0.3, 0.4) is 0 Å². The maximum Gasteiger partial charge on any atom is 0.268 e. The number of benzene rings is 2. The number of nitrogens with zero attached hydrogens (tertiary/aromatic N) is 1. The Kier molecular flexibility index (Phi) is 4.94. The third kappa shape index (κ3) is 3.64. The van der Waals surface area contributed by atoms with Gasteiger partial charge in [-0.2, -0.15) is 0 Å². The number of nitrogens with one attached hydrogen (secondary N) is 1. The lowest BCUT2D eigenvalue weighted by atomic mass is 10.0. The minimum atomic E-state index is -0.895. The van der Waals surface area contributed by atoms with Crippen LogP contribution in [-0.4, -0.2) is 17.7 Å². The largest absolute Gasteiger partial charge is 0.382 e. The van der Waals surface area contributed by atoms with Gasteiger partial charge in [0, 0.05) is 22.2 Å². The van der Waals surface area contributed by atoms with E-state index in [4.69, 9.17) is 39.6 Å². The van der Waals surface area contributed by atoms with Crippen molar-refractivity contribution in [2.24, 2.45) is 5.16 Å². The monoisotopic (exact) mass is 386 g/mol. The molecule has 1 heterocycles. The molecular weight excluding hydrogens is 378 g/mol. The highest BCUT2D eigenvalue weighted by Gasteiger charge is 2.31. The zero-order chi connectivity index (χ0) is 17.3. The molecular formula is C16H10Cl3FN2O2. The van der Waals surface area contributed by atoms with Crippen LogP contribution in [0.4, 0.5) is 10.1 Å². The van der Waals surface area contributed by atoms with Gasteiger partial charge in [-0.25, -0.2) is 4.39 Å². The number of oxime groups is 1. The van der Waals surface area contributed by atoms with Crippen molar-refractivity contribution >= 4 is 52.1 Å². The molecule has 0 aliphatic carbocycles. The van der Waals surface area contributed by atoms with Crippen LogP contribution in [0.25, 0.3) is 0 Å². The molecule has 2 aromatic rings. The molecule has 1 N–H and O–H groups in total. The van der Waals surface area contributed by atoms with Crippen molar-refractivity contribution in [3.63, 3.8) is 0 Å². The van der Waals surface area contributed by atoms with Crippen LogP contribution in [-0.2, 0) is 9.63 Å². The van der Waals surface area contributed by atoms with E-state index in [2.05, 4.69) is 10.5 Å². The lowest BCUT2D eigenvalue weighted by molar-refractivity contribution is -0.125. The summed E-state index contributed by atoms with van der Waals surface area (Å²) in [5, 5.41) is 7.41. The van der Waals surface area contributed by atoms with Crippen molar-refractivity contribution in [2.75, 3.05) is 5.32 Å². The van der Waals surface area contributed by atoms with E-state index in [9.17, 15) is 9.18 Å². The molecule has 0 spiro atoms. The second-order valence-electron chi connectivity index (χ2n) is 5.08. The molecule has 1 atom stereocenters. The van der Waals surface area contributed by atoms with Crippen LogP contribution < -0.4 is 5.32 Å². The minimum Gasteiger partial charge on any atom is -0.382 e. The molecule has 124 valence electrons. The first-order valence-electron chi connectivity index (χ1n) is 6.88. The van der Waals surface area contributed by atoms with Crippen LogP contribution >= 0.6 is 34.8 Å². The van der Waals surface area contributed by atoms with Gasteiger partial charge in [0.2, 0.25) is 6.10 Å². The maximum atomic E-state index is 13.9. The second kappa shape index (κ2) is 6.97. The van der Waals surface area contributed by atoms with Crippen molar-refractivity contribution in [1.29, 1.82) is 0 Å². The van der Waals surface area contributed by atoms with Gasteiger partial charge in [0.05, 0.1) is 16.3 Å². The van der Waals surface area contributed by atoms with Crippen LogP contribution in [0.5, 0.6) is 0 Å². The molecule has 0 fully saturated rings. The predicted octanol–water partition coefficient (Wildman–Crippen LogP) is 4.92. The van der Waals surface area contributed by atoms with E-state index in [0.29, 0.717) is 15.7 Å².